The monoisotopic (exact) mass is 471 g/mol. The topological polar surface area (TPSA) is 73.5 Å². The Bertz CT molecular complexity index is 1300. The molecule has 1 saturated carbocycles. The zero-order chi connectivity index (χ0) is 25.1. The number of benzene rings is 2. The average molecular weight is 472 g/mol. The molecule has 182 valence electrons. The van der Waals surface area contributed by atoms with Crippen molar-refractivity contribution in [1.29, 1.82) is 0 Å². The van der Waals surface area contributed by atoms with Crippen molar-refractivity contribution in [2.45, 2.75) is 53.5 Å². The maximum atomic E-state index is 13.9. The van der Waals surface area contributed by atoms with Gasteiger partial charge in [-0.2, -0.15) is 0 Å². The summed E-state index contributed by atoms with van der Waals surface area (Å²) in [5.41, 5.74) is 3.43. The zero-order valence-electron chi connectivity index (χ0n) is 21.1. The molecule has 1 atom stereocenters. The fourth-order valence-electron chi connectivity index (χ4n) is 5.80. The Kier molecular flexibility index (Phi) is 5.38. The summed E-state index contributed by atoms with van der Waals surface area (Å²) in [6, 6.07) is 14.6. The molecule has 0 spiro atoms. The molecule has 5 rings (SSSR count). The van der Waals surface area contributed by atoms with E-state index in [2.05, 4.69) is 38.7 Å². The van der Waals surface area contributed by atoms with Gasteiger partial charge in [0, 0.05) is 29.6 Å². The number of aryl methyl sites for hydroxylation is 1. The molecule has 2 aromatic carbocycles. The Morgan fingerprint density at radius 2 is 1.69 bits per heavy atom. The predicted octanol–water partition coefficient (Wildman–Crippen LogP) is 4.86. The minimum Gasteiger partial charge on any atom is -0.361 e. The Morgan fingerprint density at radius 3 is 2.34 bits per heavy atom. The number of fused-ring (bicyclic) bond motifs is 1. The molecular formula is C29H33N3O3. The van der Waals surface area contributed by atoms with Gasteiger partial charge < -0.3 is 9.88 Å². The first-order valence-corrected chi connectivity index (χ1v) is 12.3. The number of aromatic amines is 1. The smallest absolute Gasteiger partial charge is 0.257 e. The zero-order valence-corrected chi connectivity index (χ0v) is 21.1. The molecule has 1 aliphatic heterocycles. The van der Waals surface area contributed by atoms with Gasteiger partial charge in [0.1, 0.15) is 6.04 Å². The van der Waals surface area contributed by atoms with Crippen LogP contribution in [0.4, 0.5) is 5.69 Å². The third kappa shape index (κ3) is 3.67. The van der Waals surface area contributed by atoms with Crippen molar-refractivity contribution in [1.82, 2.24) is 9.88 Å². The number of anilines is 1. The van der Waals surface area contributed by atoms with Crippen LogP contribution >= 0.6 is 0 Å². The number of carbonyl (C=O) groups excluding carboxylic acids is 3. The third-order valence-electron chi connectivity index (χ3n) is 8.64. The average Bonchev–Trinajstić information content (AvgIpc) is 3.12. The molecule has 6 heteroatoms. The first-order valence-electron chi connectivity index (χ1n) is 12.3. The van der Waals surface area contributed by atoms with Gasteiger partial charge in [0.15, 0.2) is 0 Å². The molecule has 2 aliphatic rings. The van der Waals surface area contributed by atoms with Gasteiger partial charge >= 0.3 is 0 Å². The van der Waals surface area contributed by atoms with E-state index >= 15 is 0 Å². The second-order valence-electron chi connectivity index (χ2n) is 11.1. The number of rotatable bonds is 6. The molecule has 35 heavy (non-hydrogen) atoms. The number of nitrogens with one attached hydrogen (secondary N) is 1. The van der Waals surface area contributed by atoms with Crippen LogP contribution in [0, 0.1) is 23.7 Å². The van der Waals surface area contributed by atoms with Crippen LogP contribution in [0.15, 0.2) is 54.7 Å². The molecule has 2 fully saturated rings. The van der Waals surface area contributed by atoms with E-state index in [0.29, 0.717) is 18.7 Å². The van der Waals surface area contributed by atoms with Crippen LogP contribution in [0.25, 0.3) is 10.9 Å². The Balaban J connectivity index is 1.45. The van der Waals surface area contributed by atoms with Crippen molar-refractivity contribution in [3.63, 3.8) is 0 Å². The first kappa shape index (κ1) is 23.3. The highest BCUT2D eigenvalue weighted by molar-refractivity contribution is 6.23. The van der Waals surface area contributed by atoms with Crippen LogP contribution in [0.5, 0.6) is 0 Å². The summed E-state index contributed by atoms with van der Waals surface area (Å²) in [4.78, 5) is 46.8. The van der Waals surface area contributed by atoms with Crippen LogP contribution in [-0.4, -0.2) is 40.2 Å². The summed E-state index contributed by atoms with van der Waals surface area (Å²) < 4.78 is 0. The van der Waals surface area contributed by atoms with Gasteiger partial charge in [0.25, 0.3) is 5.91 Å². The SMILES string of the molecule is Cc1ccc(N2C(=O)CC(N(CCc3c[nH]c4ccccc34)C(=O)C3C(C)(C)C3(C)C)C2=O)cc1. The number of imide groups is 1. The van der Waals surface area contributed by atoms with Crippen molar-refractivity contribution < 1.29 is 14.4 Å². The molecule has 1 unspecified atom stereocenters. The minimum absolute atomic E-state index is 0.0138. The van der Waals surface area contributed by atoms with Crippen molar-refractivity contribution in [3.8, 4) is 0 Å². The Labute approximate surface area is 206 Å². The van der Waals surface area contributed by atoms with E-state index in [1.807, 2.05) is 43.5 Å². The van der Waals surface area contributed by atoms with Gasteiger partial charge in [0.05, 0.1) is 12.1 Å². The van der Waals surface area contributed by atoms with Crippen LogP contribution < -0.4 is 4.90 Å². The molecule has 6 nitrogen and oxygen atoms in total. The quantitative estimate of drug-likeness (QED) is 0.522. The molecule has 1 saturated heterocycles. The van der Waals surface area contributed by atoms with Crippen LogP contribution in [0.1, 0.15) is 45.2 Å². The summed E-state index contributed by atoms with van der Waals surface area (Å²) in [6.45, 7) is 10.8. The van der Waals surface area contributed by atoms with Crippen LogP contribution in [0.3, 0.4) is 0 Å². The number of para-hydroxylation sites is 1. The molecule has 0 radical (unpaired) electrons. The number of H-pyrrole nitrogens is 1. The number of carbonyl (C=O) groups is 3. The van der Waals surface area contributed by atoms with E-state index in [4.69, 9.17) is 0 Å². The lowest BCUT2D eigenvalue weighted by Gasteiger charge is -2.29. The number of hydrogen-bond acceptors (Lipinski definition) is 3. The lowest BCUT2D eigenvalue weighted by Crippen LogP contribution is -2.47. The van der Waals surface area contributed by atoms with E-state index in [1.54, 1.807) is 17.0 Å². The first-order chi connectivity index (χ1) is 16.5. The number of nitrogens with zero attached hydrogens (tertiary/aromatic N) is 2. The van der Waals surface area contributed by atoms with Crippen LogP contribution in [-0.2, 0) is 20.8 Å². The largest absolute Gasteiger partial charge is 0.361 e. The molecule has 2 heterocycles. The number of amides is 3. The standard InChI is InChI=1S/C29H33N3O3/c1-18-10-12-20(13-11-18)32-24(33)16-23(26(32)34)31(27(35)25-28(2,3)29(25,4)5)15-14-19-17-30-22-9-7-6-8-21(19)22/h6-13,17,23,25,30H,14-16H2,1-5H3. The lowest BCUT2D eigenvalue weighted by molar-refractivity contribution is -0.140. The fraction of sp³-hybridized carbons (Fsp3) is 0.414. The molecule has 0 bridgehead atoms. The van der Waals surface area contributed by atoms with E-state index in [1.165, 1.54) is 4.90 Å². The Hall–Kier alpha value is -3.41. The summed E-state index contributed by atoms with van der Waals surface area (Å²) in [6.07, 6.45) is 2.59. The van der Waals surface area contributed by atoms with Gasteiger partial charge in [-0.3, -0.25) is 14.4 Å². The molecule has 1 aromatic heterocycles. The highest BCUT2D eigenvalue weighted by Crippen LogP contribution is 2.69. The number of hydrogen-bond donors (Lipinski definition) is 1. The fourth-order valence-corrected chi connectivity index (χ4v) is 5.80. The van der Waals surface area contributed by atoms with Crippen molar-refractivity contribution >= 4 is 34.3 Å². The van der Waals surface area contributed by atoms with Gasteiger partial charge in [-0.1, -0.05) is 63.6 Å². The normalized spacial score (nSPS) is 21.1. The van der Waals surface area contributed by atoms with Gasteiger partial charge in [0.2, 0.25) is 11.8 Å². The van der Waals surface area contributed by atoms with Gasteiger partial charge in [-0.25, -0.2) is 4.90 Å². The molecule has 1 N–H and O–H groups in total. The summed E-state index contributed by atoms with van der Waals surface area (Å²) in [5.74, 6) is -0.795. The van der Waals surface area contributed by atoms with E-state index in [-0.39, 0.29) is 40.9 Å². The van der Waals surface area contributed by atoms with E-state index in [9.17, 15) is 14.4 Å². The second-order valence-corrected chi connectivity index (χ2v) is 11.1. The number of aromatic nitrogens is 1. The summed E-state index contributed by atoms with van der Waals surface area (Å²) in [5, 5.41) is 1.11. The summed E-state index contributed by atoms with van der Waals surface area (Å²) in [7, 11) is 0. The molecular weight excluding hydrogens is 438 g/mol. The van der Waals surface area contributed by atoms with Gasteiger partial charge in [-0.15, -0.1) is 0 Å². The predicted molar refractivity (Wildman–Crippen MR) is 137 cm³/mol. The maximum Gasteiger partial charge on any atom is 0.257 e. The minimum atomic E-state index is -0.784. The lowest BCUT2D eigenvalue weighted by atomic mass is 10.0. The molecule has 3 aromatic rings. The highest BCUT2D eigenvalue weighted by atomic mass is 16.2. The van der Waals surface area contributed by atoms with E-state index < -0.39 is 6.04 Å². The Morgan fingerprint density at radius 1 is 1.03 bits per heavy atom. The van der Waals surface area contributed by atoms with Crippen molar-refractivity contribution in [2.75, 3.05) is 11.4 Å². The second kappa shape index (κ2) is 8.08. The molecule has 3 amide bonds. The highest BCUT2D eigenvalue weighted by Gasteiger charge is 2.69. The van der Waals surface area contributed by atoms with Gasteiger partial charge in [-0.05, 0) is 47.9 Å². The van der Waals surface area contributed by atoms with Crippen LogP contribution in [0.2, 0.25) is 0 Å². The van der Waals surface area contributed by atoms with E-state index in [0.717, 1.165) is 22.0 Å². The van der Waals surface area contributed by atoms with Crippen molar-refractivity contribution in [2.24, 2.45) is 16.7 Å². The maximum absolute atomic E-state index is 13.9. The molecule has 1 aliphatic carbocycles. The third-order valence-corrected chi connectivity index (χ3v) is 8.64. The van der Waals surface area contributed by atoms with Crippen molar-refractivity contribution in [3.05, 3.63) is 65.9 Å². The summed E-state index contributed by atoms with van der Waals surface area (Å²) >= 11 is 0.